The first-order chi connectivity index (χ1) is 18.2. The van der Waals surface area contributed by atoms with E-state index in [9.17, 15) is 14.4 Å². The van der Waals surface area contributed by atoms with Crippen LogP contribution in [-0.4, -0.2) is 49.6 Å². The summed E-state index contributed by atoms with van der Waals surface area (Å²) in [5, 5.41) is 11.4. The molecule has 5 rings (SSSR count). The largest absolute Gasteiger partial charge is 0.467 e. The number of ether oxygens (including phenoxy) is 1. The van der Waals surface area contributed by atoms with Crippen LogP contribution in [0.15, 0.2) is 47.3 Å². The van der Waals surface area contributed by atoms with Crippen LogP contribution < -0.4 is 26.4 Å². The van der Waals surface area contributed by atoms with E-state index in [0.717, 1.165) is 29.1 Å². The van der Waals surface area contributed by atoms with Crippen molar-refractivity contribution in [2.24, 2.45) is 19.8 Å². The number of methoxy groups -OCH3 is 1. The number of hydrogen-bond donors (Lipinski definition) is 2. The fraction of sp³-hybridized carbons (Fsp3) is 0.269. The number of rotatable bonds is 6. The Morgan fingerprint density at radius 3 is 2.58 bits per heavy atom. The van der Waals surface area contributed by atoms with Crippen LogP contribution in [0.2, 0.25) is 0 Å². The summed E-state index contributed by atoms with van der Waals surface area (Å²) in [6.07, 6.45) is 0.709. The lowest BCUT2D eigenvalue weighted by atomic mass is 10.0. The maximum Gasteiger partial charge on any atom is 0.353 e. The number of primary amides is 1. The summed E-state index contributed by atoms with van der Waals surface area (Å²) in [4.78, 5) is 39.5. The average molecular weight is 517 g/mol. The van der Waals surface area contributed by atoms with Crippen molar-refractivity contribution in [2.45, 2.75) is 19.9 Å². The molecular formula is C26H28N8O4. The third-order valence-corrected chi connectivity index (χ3v) is 6.72. The Balaban J connectivity index is 1.42. The summed E-state index contributed by atoms with van der Waals surface area (Å²) in [6.45, 7) is 3.21. The van der Waals surface area contributed by atoms with Crippen molar-refractivity contribution >= 4 is 23.2 Å². The number of aromatic nitrogens is 5. The van der Waals surface area contributed by atoms with Gasteiger partial charge in [-0.05, 0) is 48.9 Å². The summed E-state index contributed by atoms with van der Waals surface area (Å²) in [5.41, 5.74) is 10.6. The molecule has 38 heavy (non-hydrogen) atoms. The minimum atomic E-state index is -0.569. The van der Waals surface area contributed by atoms with Crippen molar-refractivity contribution in [3.8, 4) is 11.7 Å². The van der Waals surface area contributed by atoms with Crippen LogP contribution >= 0.6 is 0 Å². The summed E-state index contributed by atoms with van der Waals surface area (Å²) in [5.74, 6) is -0.930. The van der Waals surface area contributed by atoms with Gasteiger partial charge in [0, 0.05) is 61.8 Å². The van der Waals surface area contributed by atoms with E-state index in [1.807, 2.05) is 32.2 Å². The van der Waals surface area contributed by atoms with Gasteiger partial charge in [-0.3, -0.25) is 14.3 Å². The molecule has 0 spiro atoms. The van der Waals surface area contributed by atoms with E-state index in [0.29, 0.717) is 35.6 Å². The number of aryl methyl sites for hydroxylation is 3. The van der Waals surface area contributed by atoms with Gasteiger partial charge in [-0.15, -0.1) is 5.10 Å². The fourth-order valence-corrected chi connectivity index (χ4v) is 4.85. The number of nitrogens with one attached hydrogen (secondary N) is 1. The van der Waals surface area contributed by atoms with Gasteiger partial charge in [0.15, 0.2) is 5.69 Å². The molecule has 2 amide bonds. The molecule has 0 radical (unpaired) electrons. The molecule has 3 N–H and O–H groups in total. The fourth-order valence-electron chi connectivity index (χ4n) is 4.85. The zero-order valence-electron chi connectivity index (χ0n) is 21.6. The van der Waals surface area contributed by atoms with E-state index < -0.39 is 5.91 Å². The maximum absolute atomic E-state index is 13.2. The molecule has 1 aliphatic rings. The first kappa shape index (κ1) is 24.8. The number of anilines is 2. The van der Waals surface area contributed by atoms with Gasteiger partial charge in [-0.25, -0.2) is 14.0 Å². The minimum absolute atomic E-state index is 0.208. The van der Waals surface area contributed by atoms with E-state index in [2.05, 4.69) is 20.4 Å². The van der Waals surface area contributed by atoms with E-state index in [1.54, 1.807) is 29.9 Å². The van der Waals surface area contributed by atoms with E-state index in [-0.39, 0.29) is 17.6 Å². The number of benzene rings is 2. The number of hydrogen-bond acceptors (Lipinski definition) is 7. The molecule has 0 aliphatic carbocycles. The number of nitrogens with two attached hydrogens (primary N) is 1. The summed E-state index contributed by atoms with van der Waals surface area (Å²) < 4.78 is 9.67. The summed E-state index contributed by atoms with van der Waals surface area (Å²) >= 11 is 0. The molecule has 12 heteroatoms. The molecule has 0 bridgehead atoms. The monoisotopic (exact) mass is 516 g/mol. The number of carbonyl (C=O) groups is 2. The molecule has 12 nitrogen and oxygen atoms in total. The molecule has 196 valence electrons. The normalized spacial score (nSPS) is 12.8. The van der Waals surface area contributed by atoms with E-state index in [1.165, 1.54) is 22.4 Å². The van der Waals surface area contributed by atoms with Gasteiger partial charge in [0.05, 0.1) is 12.8 Å². The number of nitrogens with zero attached hydrogens (tertiary/aromatic N) is 6. The zero-order valence-corrected chi connectivity index (χ0v) is 21.6. The molecule has 0 fully saturated rings. The molecule has 1 aliphatic heterocycles. The SMILES string of the molecule is COc1nn(C)c(=O)n1-c1ccc(N2CCc3c(c(C(=O)Nc4cccc(C(N)=O)c4)nn3C)C2)c(C)c1. The number of fused-ring (bicyclic) bond motifs is 1. The van der Waals surface area contributed by atoms with Crippen molar-refractivity contribution in [1.29, 1.82) is 0 Å². The number of amides is 2. The predicted molar refractivity (Wildman–Crippen MR) is 141 cm³/mol. The summed E-state index contributed by atoms with van der Waals surface area (Å²) in [6, 6.07) is 12.4. The molecule has 2 aromatic carbocycles. The van der Waals surface area contributed by atoms with Crippen LogP contribution in [0, 0.1) is 6.92 Å². The van der Waals surface area contributed by atoms with Gasteiger partial charge in [-0.2, -0.15) is 5.10 Å². The lowest BCUT2D eigenvalue weighted by Crippen LogP contribution is -2.32. The third-order valence-electron chi connectivity index (χ3n) is 6.72. The zero-order chi connectivity index (χ0) is 27.1. The maximum atomic E-state index is 13.2. The standard InChI is InChI=1S/C26H28N8O4/c1-15-12-18(34-25(38-4)30-32(3)26(34)37)8-9-20(15)33-11-10-21-19(14-33)22(29-31(21)2)24(36)28-17-7-5-6-16(13-17)23(27)35/h5-9,12-13H,10-11,14H2,1-4H3,(H2,27,35)(H,28,36). The smallest absolute Gasteiger partial charge is 0.353 e. The third kappa shape index (κ3) is 4.29. The summed E-state index contributed by atoms with van der Waals surface area (Å²) in [7, 11) is 4.88. The van der Waals surface area contributed by atoms with Crippen LogP contribution in [0.3, 0.4) is 0 Å². The van der Waals surface area contributed by atoms with Crippen LogP contribution in [0.4, 0.5) is 11.4 Å². The Hall–Kier alpha value is -4.87. The van der Waals surface area contributed by atoms with Gasteiger partial charge < -0.3 is 20.7 Å². The van der Waals surface area contributed by atoms with Crippen LogP contribution in [0.25, 0.3) is 5.69 Å². The van der Waals surface area contributed by atoms with Gasteiger partial charge in [0.2, 0.25) is 5.91 Å². The molecule has 2 aromatic heterocycles. The highest BCUT2D eigenvalue weighted by Crippen LogP contribution is 2.30. The van der Waals surface area contributed by atoms with E-state index in [4.69, 9.17) is 10.5 Å². The Labute approximate surface area is 218 Å². The lowest BCUT2D eigenvalue weighted by Gasteiger charge is -2.31. The van der Waals surface area contributed by atoms with Crippen molar-refractivity contribution in [2.75, 3.05) is 23.9 Å². The topological polar surface area (TPSA) is 142 Å². The molecular weight excluding hydrogens is 488 g/mol. The molecule has 0 unspecified atom stereocenters. The second-order valence-electron chi connectivity index (χ2n) is 9.17. The average Bonchev–Trinajstić information content (AvgIpc) is 3.39. The van der Waals surface area contributed by atoms with Crippen LogP contribution in [0.1, 0.15) is 37.7 Å². The van der Waals surface area contributed by atoms with Gasteiger partial charge in [-0.1, -0.05) is 6.07 Å². The van der Waals surface area contributed by atoms with Gasteiger partial charge in [0.1, 0.15) is 0 Å². The van der Waals surface area contributed by atoms with Crippen LogP contribution in [0.5, 0.6) is 6.01 Å². The Kier molecular flexibility index (Phi) is 6.23. The van der Waals surface area contributed by atoms with Crippen molar-refractivity contribution in [3.05, 3.63) is 81.0 Å². The molecule has 4 aromatic rings. The molecule has 3 heterocycles. The Morgan fingerprint density at radius 1 is 1.08 bits per heavy atom. The number of carbonyl (C=O) groups excluding carboxylic acids is 2. The van der Waals surface area contributed by atoms with Crippen molar-refractivity contribution < 1.29 is 14.3 Å². The first-order valence-electron chi connectivity index (χ1n) is 12.0. The first-order valence-corrected chi connectivity index (χ1v) is 12.0. The minimum Gasteiger partial charge on any atom is -0.467 e. The Morgan fingerprint density at radius 2 is 1.87 bits per heavy atom. The quantitative estimate of drug-likeness (QED) is 0.396. The van der Waals surface area contributed by atoms with Crippen LogP contribution in [-0.2, 0) is 27.1 Å². The highest BCUT2D eigenvalue weighted by atomic mass is 16.5. The highest BCUT2D eigenvalue weighted by Gasteiger charge is 2.28. The predicted octanol–water partition coefficient (Wildman–Crippen LogP) is 1.54. The second-order valence-corrected chi connectivity index (χ2v) is 9.17. The lowest BCUT2D eigenvalue weighted by molar-refractivity contribution is 0.0995. The van der Waals surface area contributed by atoms with Gasteiger partial charge >= 0.3 is 11.7 Å². The molecule has 0 saturated carbocycles. The second kappa shape index (κ2) is 9.54. The molecule has 0 saturated heterocycles. The van der Waals surface area contributed by atoms with Gasteiger partial charge in [0.25, 0.3) is 5.91 Å². The van der Waals surface area contributed by atoms with Crippen molar-refractivity contribution in [1.82, 2.24) is 24.1 Å². The molecule has 0 atom stereocenters. The highest BCUT2D eigenvalue weighted by molar-refractivity contribution is 6.05. The Bertz CT molecular complexity index is 1630. The van der Waals surface area contributed by atoms with Crippen molar-refractivity contribution in [3.63, 3.8) is 0 Å². The van der Waals surface area contributed by atoms with E-state index >= 15 is 0 Å².